The Kier molecular flexibility index (Phi) is 6.45. The zero-order chi connectivity index (χ0) is 21.0. The standard InChI is InChI=1S/C22H31N3O4/c1-16-3-4-18(17(2)15-16)24-11-13-25(14-12-24)20(27)6-9-22(10-7-21(28)29)8-5-19(26)23-22/h3-4,15H,5-14H2,1-2H3,(H,23,26)(H,28,29). The average Bonchev–Trinajstić information content (AvgIpc) is 3.06. The van der Waals surface area contributed by atoms with Gasteiger partial charge in [-0.1, -0.05) is 17.7 Å². The minimum absolute atomic E-state index is 0.00302. The summed E-state index contributed by atoms with van der Waals surface area (Å²) in [6, 6.07) is 6.45. The molecular weight excluding hydrogens is 370 g/mol. The van der Waals surface area contributed by atoms with Crippen molar-refractivity contribution in [2.24, 2.45) is 0 Å². The van der Waals surface area contributed by atoms with Gasteiger partial charge in [-0.15, -0.1) is 0 Å². The Morgan fingerprint density at radius 2 is 1.79 bits per heavy atom. The number of nitrogens with zero attached hydrogens (tertiary/aromatic N) is 2. The molecule has 0 bridgehead atoms. The van der Waals surface area contributed by atoms with E-state index >= 15 is 0 Å². The number of nitrogens with one attached hydrogen (secondary N) is 1. The molecule has 0 aliphatic carbocycles. The third kappa shape index (κ3) is 5.28. The number of aryl methyl sites for hydroxylation is 2. The van der Waals surface area contributed by atoms with Crippen LogP contribution in [0.3, 0.4) is 0 Å². The number of carbonyl (C=O) groups is 3. The molecule has 0 radical (unpaired) electrons. The molecule has 3 rings (SSSR count). The second-order valence-corrected chi connectivity index (χ2v) is 8.38. The lowest BCUT2D eigenvalue weighted by Crippen LogP contribution is -2.50. The molecule has 1 atom stereocenters. The number of rotatable bonds is 7. The average molecular weight is 402 g/mol. The van der Waals surface area contributed by atoms with Crippen LogP contribution in [0.5, 0.6) is 0 Å². The Hall–Kier alpha value is -2.57. The van der Waals surface area contributed by atoms with Crippen molar-refractivity contribution in [1.82, 2.24) is 10.2 Å². The molecule has 0 spiro atoms. The molecule has 7 heteroatoms. The number of anilines is 1. The summed E-state index contributed by atoms with van der Waals surface area (Å²) in [7, 11) is 0. The Morgan fingerprint density at radius 1 is 1.10 bits per heavy atom. The quantitative estimate of drug-likeness (QED) is 0.731. The van der Waals surface area contributed by atoms with Crippen molar-refractivity contribution in [3.63, 3.8) is 0 Å². The maximum Gasteiger partial charge on any atom is 0.303 e. The van der Waals surface area contributed by atoms with E-state index in [4.69, 9.17) is 5.11 Å². The minimum atomic E-state index is -0.876. The molecule has 1 aromatic rings. The maximum atomic E-state index is 12.7. The SMILES string of the molecule is Cc1ccc(N2CCN(C(=O)CCC3(CCC(=O)O)CCC(=O)N3)CC2)c(C)c1. The molecule has 2 saturated heterocycles. The molecule has 0 saturated carbocycles. The third-order valence-electron chi connectivity index (χ3n) is 6.20. The van der Waals surface area contributed by atoms with E-state index < -0.39 is 11.5 Å². The predicted octanol–water partition coefficient (Wildman–Crippen LogP) is 2.25. The zero-order valence-electron chi connectivity index (χ0n) is 17.4. The molecule has 158 valence electrons. The topological polar surface area (TPSA) is 90.0 Å². The van der Waals surface area contributed by atoms with Crippen LogP contribution in [0.1, 0.15) is 49.7 Å². The number of hydrogen-bond acceptors (Lipinski definition) is 4. The van der Waals surface area contributed by atoms with Gasteiger partial charge in [0.05, 0.1) is 0 Å². The Morgan fingerprint density at radius 3 is 2.38 bits per heavy atom. The molecular formula is C22H31N3O4. The first-order chi connectivity index (χ1) is 13.8. The molecule has 2 heterocycles. The number of aliphatic carboxylic acids is 1. The van der Waals surface area contributed by atoms with E-state index in [1.807, 2.05) is 4.90 Å². The van der Waals surface area contributed by atoms with Crippen molar-refractivity contribution in [3.8, 4) is 0 Å². The van der Waals surface area contributed by atoms with Crippen LogP contribution in [0.25, 0.3) is 0 Å². The largest absolute Gasteiger partial charge is 0.481 e. The second-order valence-electron chi connectivity index (χ2n) is 8.38. The highest BCUT2D eigenvalue weighted by atomic mass is 16.4. The van der Waals surface area contributed by atoms with Crippen molar-refractivity contribution in [1.29, 1.82) is 0 Å². The van der Waals surface area contributed by atoms with Crippen LogP contribution in [0.15, 0.2) is 18.2 Å². The van der Waals surface area contributed by atoms with E-state index in [2.05, 4.69) is 42.3 Å². The van der Waals surface area contributed by atoms with Gasteiger partial charge in [-0.05, 0) is 44.7 Å². The summed E-state index contributed by atoms with van der Waals surface area (Å²) in [5.41, 5.74) is 3.17. The first kappa shape index (κ1) is 21.1. The number of carbonyl (C=O) groups excluding carboxylic acids is 2. The Labute approximate surface area is 172 Å². The fourth-order valence-corrected chi connectivity index (χ4v) is 4.48. The van der Waals surface area contributed by atoms with Crippen molar-refractivity contribution in [3.05, 3.63) is 29.3 Å². The number of hydrogen-bond donors (Lipinski definition) is 2. The summed E-state index contributed by atoms with van der Waals surface area (Å²) in [4.78, 5) is 39.6. The van der Waals surface area contributed by atoms with E-state index in [0.29, 0.717) is 45.2 Å². The number of carboxylic acids is 1. The Balaban J connectivity index is 1.52. The normalized spacial score (nSPS) is 21.9. The van der Waals surface area contributed by atoms with E-state index in [9.17, 15) is 14.4 Å². The van der Waals surface area contributed by atoms with Gasteiger partial charge in [-0.3, -0.25) is 14.4 Å². The van der Waals surface area contributed by atoms with Gasteiger partial charge >= 0.3 is 5.97 Å². The van der Waals surface area contributed by atoms with Crippen molar-refractivity contribution < 1.29 is 19.5 Å². The van der Waals surface area contributed by atoms with E-state index in [1.54, 1.807) is 0 Å². The van der Waals surface area contributed by atoms with Gasteiger partial charge in [-0.2, -0.15) is 0 Å². The van der Waals surface area contributed by atoms with Gasteiger partial charge < -0.3 is 20.2 Å². The van der Waals surface area contributed by atoms with Gasteiger partial charge in [-0.25, -0.2) is 0 Å². The van der Waals surface area contributed by atoms with E-state index in [1.165, 1.54) is 16.8 Å². The van der Waals surface area contributed by atoms with Gasteiger partial charge in [0.15, 0.2) is 0 Å². The van der Waals surface area contributed by atoms with Crippen molar-refractivity contribution in [2.45, 2.75) is 57.9 Å². The van der Waals surface area contributed by atoms with Crippen molar-refractivity contribution >= 4 is 23.5 Å². The van der Waals surface area contributed by atoms with Crippen molar-refractivity contribution in [2.75, 3.05) is 31.1 Å². The fraction of sp³-hybridized carbons (Fsp3) is 0.591. The highest BCUT2D eigenvalue weighted by Gasteiger charge is 2.38. The predicted molar refractivity (Wildman–Crippen MR) is 111 cm³/mol. The molecule has 7 nitrogen and oxygen atoms in total. The van der Waals surface area contributed by atoms with Crippen LogP contribution in [-0.4, -0.2) is 59.5 Å². The van der Waals surface area contributed by atoms with E-state index in [-0.39, 0.29) is 18.2 Å². The van der Waals surface area contributed by atoms with Crippen LogP contribution in [-0.2, 0) is 14.4 Å². The second kappa shape index (κ2) is 8.84. The van der Waals surface area contributed by atoms with Crippen LogP contribution < -0.4 is 10.2 Å². The fourth-order valence-electron chi connectivity index (χ4n) is 4.48. The Bertz CT molecular complexity index is 786. The molecule has 0 aromatic heterocycles. The number of carboxylic acid groups (broad SMARTS) is 1. The number of amides is 2. The molecule has 2 N–H and O–H groups in total. The molecule has 2 aliphatic rings. The molecule has 2 amide bonds. The molecule has 2 aliphatic heterocycles. The lowest BCUT2D eigenvalue weighted by molar-refractivity contribution is -0.137. The lowest BCUT2D eigenvalue weighted by Gasteiger charge is -2.37. The van der Waals surface area contributed by atoms with Gasteiger partial charge in [0.1, 0.15) is 0 Å². The highest BCUT2D eigenvalue weighted by Crippen LogP contribution is 2.31. The number of benzene rings is 1. The first-order valence-electron chi connectivity index (χ1n) is 10.4. The zero-order valence-corrected chi connectivity index (χ0v) is 17.4. The summed E-state index contributed by atoms with van der Waals surface area (Å²) in [6.07, 6.45) is 2.23. The highest BCUT2D eigenvalue weighted by molar-refractivity contribution is 5.80. The first-order valence-corrected chi connectivity index (χ1v) is 10.4. The third-order valence-corrected chi connectivity index (χ3v) is 6.20. The molecule has 29 heavy (non-hydrogen) atoms. The molecule has 1 aromatic carbocycles. The van der Waals surface area contributed by atoms with Crippen LogP contribution in [0, 0.1) is 13.8 Å². The van der Waals surface area contributed by atoms with Gasteiger partial charge in [0.2, 0.25) is 11.8 Å². The van der Waals surface area contributed by atoms with Crippen LogP contribution in [0.2, 0.25) is 0 Å². The smallest absolute Gasteiger partial charge is 0.303 e. The van der Waals surface area contributed by atoms with Gasteiger partial charge in [0, 0.05) is 56.7 Å². The van der Waals surface area contributed by atoms with Crippen LogP contribution in [0.4, 0.5) is 5.69 Å². The van der Waals surface area contributed by atoms with Crippen LogP contribution >= 0.6 is 0 Å². The molecule has 1 unspecified atom stereocenters. The van der Waals surface area contributed by atoms with Gasteiger partial charge in [0.25, 0.3) is 0 Å². The van der Waals surface area contributed by atoms with E-state index in [0.717, 1.165) is 13.1 Å². The summed E-state index contributed by atoms with van der Waals surface area (Å²) >= 11 is 0. The maximum absolute atomic E-state index is 12.7. The lowest BCUT2D eigenvalue weighted by atomic mass is 9.86. The molecule has 2 fully saturated rings. The summed E-state index contributed by atoms with van der Waals surface area (Å²) in [5.74, 6) is -0.842. The minimum Gasteiger partial charge on any atom is -0.481 e. The number of piperazine rings is 1. The monoisotopic (exact) mass is 401 g/mol. The summed E-state index contributed by atoms with van der Waals surface area (Å²) in [5, 5.41) is 11.9. The summed E-state index contributed by atoms with van der Waals surface area (Å²) in [6.45, 7) is 7.17. The summed E-state index contributed by atoms with van der Waals surface area (Å²) < 4.78 is 0.